The van der Waals surface area contributed by atoms with Gasteiger partial charge in [0.15, 0.2) is 0 Å². The number of halogens is 1. The third kappa shape index (κ3) is 2.74. The summed E-state index contributed by atoms with van der Waals surface area (Å²) in [4.78, 5) is 0. The fraction of sp³-hybridized carbons (Fsp3) is 0.200. The molecule has 1 atom stereocenters. The van der Waals surface area contributed by atoms with Gasteiger partial charge < -0.3 is 9.47 Å². The first kappa shape index (κ1) is 11.8. The van der Waals surface area contributed by atoms with Crippen molar-refractivity contribution in [2.45, 2.75) is 6.10 Å². The summed E-state index contributed by atoms with van der Waals surface area (Å²) in [5.74, 6) is 0.866. The second-order valence-corrected chi connectivity index (χ2v) is 5.13. The first-order valence-corrected chi connectivity index (χ1v) is 6.71. The van der Waals surface area contributed by atoms with Crippen LogP contribution in [0, 0.1) is 0 Å². The second-order valence-electron chi connectivity index (χ2n) is 4.28. The van der Waals surface area contributed by atoms with Crippen molar-refractivity contribution in [3.63, 3.8) is 0 Å². The Kier molecular flexibility index (Phi) is 3.35. The summed E-state index contributed by atoms with van der Waals surface area (Å²) >= 11 is 3.55. The molecule has 1 aliphatic rings. The summed E-state index contributed by atoms with van der Waals surface area (Å²) in [6.07, 6.45) is 0.283. The van der Waals surface area contributed by atoms with E-state index in [1.165, 1.54) is 11.1 Å². The van der Waals surface area contributed by atoms with Gasteiger partial charge in [0.2, 0.25) is 0 Å². The Balaban J connectivity index is 1.79. The van der Waals surface area contributed by atoms with Crippen molar-refractivity contribution in [1.82, 2.24) is 0 Å². The maximum atomic E-state index is 5.68. The van der Waals surface area contributed by atoms with E-state index in [-0.39, 0.29) is 6.10 Å². The maximum Gasteiger partial charge on any atom is 0.133 e. The average molecular weight is 305 g/mol. The van der Waals surface area contributed by atoms with Crippen LogP contribution in [0.25, 0.3) is 11.1 Å². The fourth-order valence-electron chi connectivity index (χ4n) is 1.78. The normalized spacial score (nSPS) is 17.5. The maximum absolute atomic E-state index is 5.68. The number of ether oxygens (including phenoxy) is 2. The molecule has 3 heteroatoms. The zero-order valence-electron chi connectivity index (χ0n) is 9.80. The zero-order valence-corrected chi connectivity index (χ0v) is 11.4. The number of benzene rings is 2. The molecule has 2 nitrogen and oxygen atoms in total. The highest BCUT2D eigenvalue weighted by atomic mass is 79.9. The lowest BCUT2D eigenvalue weighted by Gasteiger charge is -2.09. The van der Waals surface area contributed by atoms with E-state index < -0.39 is 0 Å². The minimum atomic E-state index is 0.283. The van der Waals surface area contributed by atoms with Crippen LogP contribution in [-0.2, 0) is 4.74 Å². The molecule has 0 bridgehead atoms. The summed E-state index contributed by atoms with van der Waals surface area (Å²) in [6, 6.07) is 16.4. The van der Waals surface area contributed by atoms with Gasteiger partial charge in [0.1, 0.15) is 18.5 Å². The Morgan fingerprint density at radius 2 is 1.89 bits per heavy atom. The van der Waals surface area contributed by atoms with Gasteiger partial charge in [-0.3, -0.25) is 0 Å². The molecule has 0 aromatic heterocycles. The van der Waals surface area contributed by atoms with E-state index in [2.05, 4.69) is 40.2 Å². The SMILES string of the molecule is Brc1cc(-c2ccccc2)ccc1OCC1CO1. The second kappa shape index (κ2) is 5.12. The molecule has 0 saturated carbocycles. The van der Waals surface area contributed by atoms with E-state index in [9.17, 15) is 0 Å². The summed E-state index contributed by atoms with van der Waals surface area (Å²) < 4.78 is 11.8. The number of epoxide rings is 1. The van der Waals surface area contributed by atoms with E-state index >= 15 is 0 Å². The Morgan fingerprint density at radius 1 is 1.11 bits per heavy atom. The monoisotopic (exact) mass is 304 g/mol. The Bertz CT molecular complexity index is 535. The van der Waals surface area contributed by atoms with Crippen molar-refractivity contribution in [2.24, 2.45) is 0 Å². The Hall–Kier alpha value is -1.32. The fourth-order valence-corrected chi connectivity index (χ4v) is 2.27. The number of hydrogen-bond acceptors (Lipinski definition) is 2. The van der Waals surface area contributed by atoms with Gasteiger partial charge in [-0.2, -0.15) is 0 Å². The molecular weight excluding hydrogens is 292 g/mol. The first-order valence-electron chi connectivity index (χ1n) is 5.92. The molecule has 0 spiro atoms. The topological polar surface area (TPSA) is 21.8 Å². The van der Waals surface area contributed by atoms with Gasteiger partial charge in [0, 0.05) is 0 Å². The lowest BCUT2D eigenvalue weighted by atomic mass is 10.1. The zero-order chi connectivity index (χ0) is 12.4. The van der Waals surface area contributed by atoms with Crippen molar-refractivity contribution in [2.75, 3.05) is 13.2 Å². The summed E-state index contributed by atoms with van der Waals surface area (Å²) in [6.45, 7) is 1.45. The van der Waals surface area contributed by atoms with E-state index in [1.807, 2.05) is 24.3 Å². The molecule has 1 aliphatic heterocycles. The van der Waals surface area contributed by atoms with Crippen molar-refractivity contribution in [3.8, 4) is 16.9 Å². The minimum Gasteiger partial charge on any atom is -0.490 e. The van der Waals surface area contributed by atoms with E-state index in [1.54, 1.807) is 0 Å². The molecule has 2 aromatic rings. The number of rotatable bonds is 4. The van der Waals surface area contributed by atoms with Crippen LogP contribution in [0.5, 0.6) is 5.75 Å². The summed E-state index contributed by atoms with van der Waals surface area (Å²) in [5, 5.41) is 0. The van der Waals surface area contributed by atoms with Gasteiger partial charge in [-0.15, -0.1) is 0 Å². The van der Waals surface area contributed by atoms with Gasteiger partial charge in [0.05, 0.1) is 11.1 Å². The van der Waals surface area contributed by atoms with Gasteiger partial charge >= 0.3 is 0 Å². The van der Waals surface area contributed by atoms with Crippen molar-refractivity contribution < 1.29 is 9.47 Å². The van der Waals surface area contributed by atoms with Gasteiger partial charge in [-0.05, 0) is 39.2 Å². The minimum absolute atomic E-state index is 0.283. The van der Waals surface area contributed by atoms with Gasteiger partial charge in [-0.1, -0.05) is 36.4 Å². The Labute approximate surface area is 115 Å². The summed E-state index contributed by atoms with van der Waals surface area (Å²) in [5.41, 5.74) is 2.38. The molecule has 2 aromatic carbocycles. The molecule has 0 amide bonds. The smallest absolute Gasteiger partial charge is 0.133 e. The van der Waals surface area contributed by atoms with E-state index in [4.69, 9.17) is 9.47 Å². The molecule has 0 radical (unpaired) electrons. The average Bonchev–Trinajstić information content (AvgIpc) is 3.22. The third-order valence-electron chi connectivity index (χ3n) is 2.87. The van der Waals surface area contributed by atoms with Gasteiger partial charge in [-0.25, -0.2) is 0 Å². The third-order valence-corrected chi connectivity index (χ3v) is 3.49. The van der Waals surface area contributed by atoms with Gasteiger partial charge in [0.25, 0.3) is 0 Å². The lowest BCUT2D eigenvalue weighted by Crippen LogP contribution is -2.04. The molecule has 1 unspecified atom stereocenters. The number of hydrogen-bond donors (Lipinski definition) is 0. The lowest BCUT2D eigenvalue weighted by molar-refractivity contribution is 0.262. The van der Waals surface area contributed by atoms with Crippen LogP contribution in [0.15, 0.2) is 53.0 Å². The Morgan fingerprint density at radius 3 is 2.56 bits per heavy atom. The predicted octanol–water partition coefficient (Wildman–Crippen LogP) is 3.89. The molecule has 92 valence electrons. The molecule has 1 saturated heterocycles. The molecule has 1 heterocycles. The van der Waals surface area contributed by atoms with Crippen LogP contribution in [0.1, 0.15) is 0 Å². The molecule has 0 N–H and O–H groups in total. The van der Waals surface area contributed by atoms with E-state index in [0.717, 1.165) is 16.8 Å². The summed E-state index contributed by atoms with van der Waals surface area (Å²) in [7, 11) is 0. The van der Waals surface area contributed by atoms with Crippen LogP contribution in [0.4, 0.5) is 0 Å². The highest BCUT2D eigenvalue weighted by molar-refractivity contribution is 9.10. The van der Waals surface area contributed by atoms with Crippen molar-refractivity contribution >= 4 is 15.9 Å². The molecule has 18 heavy (non-hydrogen) atoms. The standard InChI is InChI=1S/C15H13BrO2/c16-14-8-12(11-4-2-1-3-5-11)6-7-15(14)18-10-13-9-17-13/h1-8,13H,9-10H2. The van der Waals surface area contributed by atoms with Crippen LogP contribution < -0.4 is 4.74 Å². The first-order chi connectivity index (χ1) is 8.83. The predicted molar refractivity (Wildman–Crippen MR) is 74.8 cm³/mol. The van der Waals surface area contributed by atoms with Crippen molar-refractivity contribution in [1.29, 1.82) is 0 Å². The van der Waals surface area contributed by atoms with Crippen LogP contribution >= 0.6 is 15.9 Å². The molecule has 1 fully saturated rings. The molecule has 0 aliphatic carbocycles. The van der Waals surface area contributed by atoms with Crippen LogP contribution in [0.2, 0.25) is 0 Å². The largest absolute Gasteiger partial charge is 0.490 e. The van der Waals surface area contributed by atoms with Crippen LogP contribution in [-0.4, -0.2) is 19.3 Å². The quantitative estimate of drug-likeness (QED) is 0.799. The van der Waals surface area contributed by atoms with E-state index in [0.29, 0.717) is 6.61 Å². The molecular formula is C15H13BrO2. The van der Waals surface area contributed by atoms with Crippen molar-refractivity contribution in [3.05, 3.63) is 53.0 Å². The molecule has 3 rings (SSSR count). The van der Waals surface area contributed by atoms with Crippen LogP contribution in [0.3, 0.4) is 0 Å². The highest BCUT2D eigenvalue weighted by Crippen LogP contribution is 2.31. The highest BCUT2D eigenvalue weighted by Gasteiger charge is 2.23.